The zero-order chi connectivity index (χ0) is 25.9. The second-order valence-corrected chi connectivity index (χ2v) is 9.56. The van der Waals surface area contributed by atoms with E-state index < -0.39 is 17.7 Å². The van der Waals surface area contributed by atoms with Crippen molar-refractivity contribution in [1.82, 2.24) is 4.90 Å². The number of ether oxygens (including phenoxy) is 3. The Morgan fingerprint density at radius 1 is 1.21 bits per heavy atom. The first kappa shape index (κ1) is 31.3. The van der Waals surface area contributed by atoms with Gasteiger partial charge in [0.05, 0.1) is 11.7 Å². The van der Waals surface area contributed by atoms with Crippen molar-refractivity contribution in [1.29, 1.82) is 0 Å². The second-order valence-electron chi connectivity index (χ2n) is 9.56. The summed E-state index contributed by atoms with van der Waals surface area (Å²) >= 11 is 0. The van der Waals surface area contributed by atoms with E-state index in [0.29, 0.717) is 23.7 Å². The largest absolute Gasteiger partial charge is 0.490 e. The van der Waals surface area contributed by atoms with Gasteiger partial charge in [0.1, 0.15) is 30.5 Å². The summed E-state index contributed by atoms with van der Waals surface area (Å²) < 4.78 is 57.5. The van der Waals surface area contributed by atoms with E-state index in [1.165, 1.54) is 6.07 Å². The molecule has 1 atom stereocenters. The highest BCUT2D eigenvalue weighted by molar-refractivity contribution is 5.85. The first-order chi connectivity index (χ1) is 17.1. The van der Waals surface area contributed by atoms with E-state index in [0.717, 1.165) is 43.3 Å². The molecular formula is C28H35ClF3NO5. The molecule has 0 bridgehead atoms. The summed E-state index contributed by atoms with van der Waals surface area (Å²) in [6.07, 6.45) is -1.75. The molecular weight excluding hydrogens is 523 g/mol. The Morgan fingerprint density at radius 2 is 1.97 bits per heavy atom. The van der Waals surface area contributed by atoms with E-state index in [9.17, 15) is 18.0 Å². The summed E-state index contributed by atoms with van der Waals surface area (Å²) in [6, 6.07) is 9.32. The predicted molar refractivity (Wildman–Crippen MR) is 142 cm³/mol. The molecule has 38 heavy (non-hydrogen) atoms. The Hall–Kier alpha value is -2.91. The van der Waals surface area contributed by atoms with Gasteiger partial charge in [-0.15, -0.1) is 12.4 Å². The summed E-state index contributed by atoms with van der Waals surface area (Å²) in [5.74, 6) is 0.380. The number of benzene rings is 2. The highest BCUT2D eigenvalue weighted by Crippen LogP contribution is 2.38. The van der Waals surface area contributed by atoms with E-state index in [2.05, 4.69) is 11.0 Å². The van der Waals surface area contributed by atoms with Crippen molar-refractivity contribution in [2.24, 2.45) is 5.92 Å². The Kier molecular flexibility index (Phi) is 10.9. The Labute approximate surface area is 227 Å². The third-order valence-electron chi connectivity index (χ3n) is 6.14. The molecule has 1 fully saturated rings. The number of hydrogen-bond acceptors (Lipinski definition) is 5. The monoisotopic (exact) mass is 557 g/mol. The number of fused-ring (bicyclic) bond motifs is 1. The van der Waals surface area contributed by atoms with Crippen molar-refractivity contribution < 1.29 is 37.3 Å². The van der Waals surface area contributed by atoms with Crippen LogP contribution in [0.15, 0.2) is 42.0 Å². The van der Waals surface area contributed by atoms with Crippen LogP contribution in [0.3, 0.4) is 0 Å². The number of halogens is 4. The maximum Gasteiger partial charge on any atom is 0.419 e. The molecule has 2 aliphatic heterocycles. The zero-order valence-electron chi connectivity index (χ0n) is 20.7. The van der Waals surface area contributed by atoms with Crippen LogP contribution < -0.4 is 14.2 Å². The predicted octanol–water partition coefficient (Wildman–Crippen LogP) is 6.70. The molecule has 0 spiro atoms. The molecule has 1 N–H and O–H groups in total. The van der Waals surface area contributed by atoms with Gasteiger partial charge in [0.2, 0.25) is 0 Å². The molecule has 2 aliphatic rings. The highest BCUT2D eigenvalue weighted by Gasteiger charge is 2.35. The topological polar surface area (TPSA) is 68.2 Å². The van der Waals surface area contributed by atoms with E-state index in [-0.39, 0.29) is 50.6 Å². The average molecular weight is 558 g/mol. The first-order valence-electron chi connectivity index (χ1n) is 12.0. The molecule has 2 aromatic rings. The molecule has 0 radical (unpaired) electrons. The lowest BCUT2D eigenvalue weighted by Gasteiger charge is -2.23. The molecule has 1 unspecified atom stereocenters. The number of rotatable bonds is 9. The van der Waals surface area contributed by atoms with Gasteiger partial charge < -0.3 is 19.3 Å². The van der Waals surface area contributed by atoms with Crippen molar-refractivity contribution in [3.05, 3.63) is 58.7 Å². The second kappa shape index (κ2) is 13.2. The quantitative estimate of drug-likeness (QED) is 0.370. The number of hydrogen-bond donors (Lipinski definition) is 1. The van der Waals surface area contributed by atoms with Crippen LogP contribution in [-0.2, 0) is 17.6 Å². The van der Waals surface area contributed by atoms with Crippen molar-refractivity contribution >= 4 is 24.5 Å². The molecule has 0 aromatic heterocycles. The standard InChI is InChI=1S/C27H30F3NO5.CH4.ClH/c1-17(2)36-24-6-3-19(10-23(24)27(28,29)30)15-34-22-5-4-21-9-20(16-35-25(21)12-22)14-31-8-7-18(13-31)11-26(32)33;;/h3-6,9-10,12,17-18H,7-8,11,13-16H2,1-2H3,(H,32,33);1H4;1H. The first-order valence-corrected chi connectivity index (χ1v) is 12.0. The molecule has 0 amide bonds. The Bertz CT molecular complexity index is 1140. The number of nitrogens with zero attached hydrogens (tertiary/aromatic N) is 1. The van der Waals surface area contributed by atoms with Crippen LogP contribution >= 0.6 is 12.4 Å². The molecule has 4 rings (SSSR count). The molecule has 1 saturated heterocycles. The normalized spacial score (nSPS) is 17.0. The lowest BCUT2D eigenvalue weighted by atomic mass is 10.1. The van der Waals surface area contributed by atoms with Crippen molar-refractivity contribution in [2.45, 2.75) is 53.0 Å². The van der Waals surface area contributed by atoms with E-state index in [4.69, 9.17) is 19.3 Å². The highest BCUT2D eigenvalue weighted by atomic mass is 35.5. The van der Waals surface area contributed by atoms with Gasteiger partial charge in [-0.2, -0.15) is 13.2 Å². The summed E-state index contributed by atoms with van der Waals surface area (Å²) in [5.41, 5.74) is 1.57. The molecule has 0 saturated carbocycles. The van der Waals surface area contributed by atoms with Crippen LogP contribution in [0.1, 0.15) is 50.8 Å². The third kappa shape index (κ3) is 8.30. The van der Waals surface area contributed by atoms with Gasteiger partial charge in [0.25, 0.3) is 0 Å². The van der Waals surface area contributed by atoms with Gasteiger partial charge in [-0.25, -0.2) is 0 Å². The van der Waals surface area contributed by atoms with Gasteiger partial charge >= 0.3 is 12.1 Å². The van der Waals surface area contributed by atoms with Crippen molar-refractivity contribution in [3.8, 4) is 17.2 Å². The number of carboxylic acid groups (broad SMARTS) is 1. The minimum absolute atomic E-state index is 0. The fourth-order valence-corrected chi connectivity index (χ4v) is 4.54. The van der Waals surface area contributed by atoms with Crippen molar-refractivity contribution in [2.75, 3.05) is 26.2 Å². The average Bonchev–Trinajstić information content (AvgIpc) is 3.23. The van der Waals surface area contributed by atoms with E-state index in [1.54, 1.807) is 32.0 Å². The molecule has 0 aliphatic carbocycles. The van der Waals surface area contributed by atoms with Crippen LogP contribution in [0.5, 0.6) is 17.2 Å². The molecule has 210 valence electrons. The minimum atomic E-state index is -4.53. The summed E-state index contributed by atoms with van der Waals surface area (Å²) in [5, 5.41) is 8.99. The lowest BCUT2D eigenvalue weighted by molar-refractivity contribution is -0.139. The number of carboxylic acids is 1. The number of aliphatic carboxylic acids is 1. The van der Waals surface area contributed by atoms with Gasteiger partial charge in [-0.3, -0.25) is 9.69 Å². The van der Waals surface area contributed by atoms with Crippen LogP contribution in [0.25, 0.3) is 6.08 Å². The minimum Gasteiger partial charge on any atom is -0.490 e. The van der Waals surface area contributed by atoms with Gasteiger partial charge in [-0.1, -0.05) is 13.5 Å². The Balaban J connectivity index is 0.00000253. The van der Waals surface area contributed by atoms with Gasteiger partial charge in [0.15, 0.2) is 0 Å². The SMILES string of the molecule is C.CC(C)Oc1ccc(COc2ccc3c(c2)OCC(CN2CCC(CC(=O)O)C2)=C3)cc1C(F)(F)F.Cl. The van der Waals surface area contributed by atoms with E-state index >= 15 is 0 Å². The number of carbonyl (C=O) groups is 1. The van der Waals surface area contributed by atoms with Crippen molar-refractivity contribution in [3.63, 3.8) is 0 Å². The van der Waals surface area contributed by atoms with Crippen LogP contribution in [0.4, 0.5) is 13.2 Å². The number of likely N-dealkylation sites (tertiary alicyclic amines) is 1. The molecule has 2 aromatic carbocycles. The van der Waals surface area contributed by atoms with Crippen LogP contribution in [0, 0.1) is 5.92 Å². The lowest BCUT2D eigenvalue weighted by Crippen LogP contribution is -2.26. The summed E-state index contributed by atoms with van der Waals surface area (Å²) in [7, 11) is 0. The molecule has 6 nitrogen and oxygen atoms in total. The maximum absolute atomic E-state index is 13.5. The fourth-order valence-electron chi connectivity index (χ4n) is 4.54. The van der Waals surface area contributed by atoms with Crippen LogP contribution in [-0.4, -0.2) is 48.3 Å². The van der Waals surface area contributed by atoms with Gasteiger partial charge in [-0.05, 0) is 74.2 Å². The zero-order valence-corrected chi connectivity index (χ0v) is 21.5. The van der Waals surface area contributed by atoms with Gasteiger partial charge in [0, 0.05) is 31.1 Å². The fraction of sp³-hybridized carbons (Fsp3) is 0.464. The smallest absolute Gasteiger partial charge is 0.419 e. The Morgan fingerprint density at radius 3 is 2.66 bits per heavy atom. The maximum atomic E-state index is 13.5. The van der Waals surface area contributed by atoms with E-state index in [1.807, 2.05) is 6.07 Å². The third-order valence-corrected chi connectivity index (χ3v) is 6.14. The molecule has 10 heteroatoms. The summed E-state index contributed by atoms with van der Waals surface area (Å²) in [6.45, 7) is 6.11. The summed E-state index contributed by atoms with van der Waals surface area (Å²) in [4.78, 5) is 13.2. The number of alkyl halides is 3. The van der Waals surface area contributed by atoms with Crippen LogP contribution in [0.2, 0.25) is 0 Å². The molecule has 2 heterocycles.